The largest absolute Gasteiger partial charge is 0.497 e. The van der Waals surface area contributed by atoms with Crippen LogP contribution in [0.2, 0.25) is 0 Å². The van der Waals surface area contributed by atoms with Crippen LogP contribution in [0.5, 0.6) is 5.75 Å². The summed E-state index contributed by atoms with van der Waals surface area (Å²) in [6.07, 6.45) is 4.35. The number of rotatable bonds is 10. The van der Waals surface area contributed by atoms with E-state index in [1.807, 2.05) is 24.3 Å². The molecule has 0 spiro atoms. The van der Waals surface area contributed by atoms with Crippen molar-refractivity contribution in [2.45, 2.75) is 25.5 Å². The minimum Gasteiger partial charge on any atom is -0.497 e. The number of nitrogens with one attached hydrogen (secondary N) is 2. The zero-order valence-electron chi connectivity index (χ0n) is 15.4. The Morgan fingerprint density at radius 1 is 1.19 bits per heavy atom. The van der Waals surface area contributed by atoms with E-state index < -0.39 is 0 Å². The number of benzene rings is 1. The van der Waals surface area contributed by atoms with Gasteiger partial charge in [0, 0.05) is 24.6 Å². The second kappa shape index (κ2) is 10.7. The number of nitrogens with zero attached hydrogens (tertiary/aromatic N) is 2. The van der Waals surface area contributed by atoms with Gasteiger partial charge < -0.3 is 15.4 Å². The van der Waals surface area contributed by atoms with Crippen molar-refractivity contribution in [3.8, 4) is 5.75 Å². The van der Waals surface area contributed by atoms with E-state index in [2.05, 4.69) is 34.4 Å². The van der Waals surface area contributed by atoms with E-state index >= 15 is 0 Å². The summed E-state index contributed by atoms with van der Waals surface area (Å²) in [6, 6.07) is 9.16. The van der Waals surface area contributed by atoms with Crippen molar-refractivity contribution >= 4 is 29.3 Å². The van der Waals surface area contributed by atoms with Gasteiger partial charge >= 0.3 is 0 Å². The van der Waals surface area contributed by atoms with Crippen molar-refractivity contribution in [2.75, 3.05) is 30.0 Å². The van der Waals surface area contributed by atoms with Gasteiger partial charge in [0.1, 0.15) is 5.75 Å². The molecule has 1 atom stereocenters. The molecule has 0 aliphatic rings. The number of thioether (sulfide) groups is 1. The maximum absolute atomic E-state index is 12.6. The number of amides is 1. The number of hydrogen-bond acceptors (Lipinski definition) is 6. The molecule has 2 rings (SSSR count). The van der Waals surface area contributed by atoms with Gasteiger partial charge in [0.2, 0.25) is 11.9 Å². The van der Waals surface area contributed by atoms with E-state index in [4.69, 9.17) is 4.74 Å². The number of methoxy groups -OCH3 is 1. The van der Waals surface area contributed by atoms with E-state index in [-0.39, 0.29) is 17.1 Å². The molecular weight excluding hydrogens is 348 g/mol. The van der Waals surface area contributed by atoms with Crippen molar-refractivity contribution in [3.05, 3.63) is 42.7 Å². The monoisotopic (exact) mass is 374 g/mol. The van der Waals surface area contributed by atoms with E-state index in [9.17, 15) is 4.79 Å². The van der Waals surface area contributed by atoms with Crippen LogP contribution in [0.3, 0.4) is 0 Å². The second-order valence-corrected chi connectivity index (χ2v) is 7.36. The molecule has 0 saturated carbocycles. The number of carbonyl (C=O) groups excluding carboxylic acids is 1. The standard InChI is InChI=1S/C19H26N4O2S/c1-14(2)17(18(24)23-15-6-8-16(25-3)9-7-15)26-13-5-12-22-19-20-10-4-11-21-19/h4,6-11,14,17H,5,12-13H2,1-3H3,(H,23,24)(H,20,21,22). The van der Waals surface area contributed by atoms with Crippen LogP contribution in [0, 0.1) is 5.92 Å². The van der Waals surface area contributed by atoms with Gasteiger partial charge in [0.25, 0.3) is 0 Å². The Kier molecular flexibility index (Phi) is 8.21. The summed E-state index contributed by atoms with van der Waals surface area (Å²) in [5, 5.41) is 6.08. The fourth-order valence-electron chi connectivity index (χ4n) is 2.33. The van der Waals surface area contributed by atoms with Gasteiger partial charge in [-0.05, 0) is 48.4 Å². The van der Waals surface area contributed by atoms with Crippen LogP contribution >= 0.6 is 11.8 Å². The fraction of sp³-hybridized carbons (Fsp3) is 0.421. The first kappa shape index (κ1) is 20.0. The minimum atomic E-state index is -0.0925. The molecule has 0 aliphatic carbocycles. The second-order valence-electron chi connectivity index (χ2n) is 6.11. The van der Waals surface area contributed by atoms with Crippen molar-refractivity contribution < 1.29 is 9.53 Å². The molecule has 6 nitrogen and oxygen atoms in total. The molecule has 1 amide bonds. The lowest BCUT2D eigenvalue weighted by molar-refractivity contribution is -0.116. The van der Waals surface area contributed by atoms with E-state index in [0.29, 0.717) is 5.95 Å². The Morgan fingerprint density at radius 3 is 2.50 bits per heavy atom. The Labute approximate surface area is 159 Å². The molecule has 2 N–H and O–H groups in total. The summed E-state index contributed by atoms with van der Waals surface area (Å²) in [7, 11) is 1.62. The first-order valence-electron chi connectivity index (χ1n) is 8.67. The molecule has 2 aromatic rings. The maximum Gasteiger partial charge on any atom is 0.237 e. The van der Waals surface area contributed by atoms with Crippen LogP contribution in [0.25, 0.3) is 0 Å². The SMILES string of the molecule is COc1ccc(NC(=O)C(SCCCNc2ncccn2)C(C)C)cc1. The van der Waals surface area contributed by atoms with Gasteiger partial charge in [0.15, 0.2) is 0 Å². The number of carbonyl (C=O) groups is 1. The van der Waals surface area contributed by atoms with Gasteiger partial charge in [-0.25, -0.2) is 9.97 Å². The summed E-state index contributed by atoms with van der Waals surface area (Å²) in [5.74, 6) is 2.58. The van der Waals surface area contributed by atoms with Crippen LogP contribution in [-0.2, 0) is 4.79 Å². The first-order valence-corrected chi connectivity index (χ1v) is 9.72. The van der Waals surface area contributed by atoms with Crippen molar-refractivity contribution in [3.63, 3.8) is 0 Å². The van der Waals surface area contributed by atoms with Crippen molar-refractivity contribution in [1.29, 1.82) is 0 Å². The summed E-state index contributed by atoms with van der Waals surface area (Å²) >= 11 is 1.68. The number of ether oxygens (including phenoxy) is 1. The van der Waals surface area contributed by atoms with E-state index in [1.54, 1.807) is 37.3 Å². The zero-order valence-corrected chi connectivity index (χ0v) is 16.3. The van der Waals surface area contributed by atoms with Gasteiger partial charge in [-0.3, -0.25) is 4.79 Å². The minimum absolute atomic E-state index is 0.0366. The quantitative estimate of drug-likeness (QED) is 0.618. The summed E-state index contributed by atoms with van der Waals surface area (Å²) < 4.78 is 5.14. The van der Waals surface area contributed by atoms with Gasteiger partial charge in [-0.2, -0.15) is 0 Å². The molecule has 26 heavy (non-hydrogen) atoms. The van der Waals surface area contributed by atoms with Crippen LogP contribution in [0.4, 0.5) is 11.6 Å². The topological polar surface area (TPSA) is 76.1 Å². The molecule has 0 radical (unpaired) electrons. The van der Waals surface area contributed by atoms with Gasteiger partial charge in [-0.15, -0.1) is 11.8 Å². The van der Waals surface area contributed by atoms with E-state index in [1.165, 1.54) is 0 Å². The average Bonchev–Trinajstić information content (AvgIpc) is 2.65. The third kappa shape index (κ3) is 6.55. The Balaban J connectivity index is 1.76. The predicted molar refractivity (Wildman–Crippen MR) is 108 cm³/mol. The Hall–Kier alpha value is -2.28. The lowest BCUT2D eigenvalue weighted by Gasteiger charge is -2.20. The third-order valence-electron chi connectivity index (χ3n) is 3.69. The van der Waals surface area contributed by atoms with Crippen LogP contribution in [0.1, 0.15) is 20.3 Å². The maximum atomic E-state index is 12.6. The average molecular weight is 375 g/mol. The smallest absolute Gasteiger partial charge is 0.237 e. The Bertz CT molecular complexity index is 665. The highest BCUT2D eigenvalue weighted by molar-refractivity contribution is 8.00. The summed E-state index contributed by atoms with van der Waals surface area (Å²) in [4.78, 5) is 20.8. The molecule has 140 valence electrons. The van der Waals surface area contributed by atoms with E-state index in [0.717, 1.165) is 30.2 Å². The highest BCUT2D eigenvalue weighted by atomic mass is 32.2. The first-order chi connectivity index (χ1) is 12.6. The van der Waals surface area contributed by atoms with Gasteiger partial charge in [0.05, 0.1) is 12.4 Å². The molecule has 1 aromatic carbocycles. The number of aromatic nitrogens is 2. The van der Waals surface area contributed by atoms with Crippen LogP contribution < -0.4 is 15.4 Å². The van der Waals surface area contributed by atoms with Crippen LogP contribution in [0.15, 0.2) is 42.7 Å². The Morgan fingerprint density at radius 2 is 1.88 bits per heavy atom. The highest BCUT2D eigenvalue weighted by Gasteiger charge is 2.22. The molecule has 0 aliphatic heterocycles. The summed E-state index contributed by atoms with van der Waals surface area (Å²) in [6.45, 7) is 4.92. The molecule has 7 heteroatoms. The fourth-order valence-corrected chi connectivity index (χ4v) is 3.49. The number of anilines is 2. The predicted octanol–water partition coefficient (Wildman–Crippen LogP) is 3.68. The van der Waals surface area contributed by atoms with Crippen molar-refractivity contribution in [1.82, 2.24) is 9.97 Å². The number of hydrogen-bond donors (Lipinski definition) is 2. The molecule has 1 unspecified atom stereocenters. The highest BCUT2D eigenvalue weighted by Crippen LogP contribution is 2.23. The lowest BCUT2D eigenvalue weighted by Crippen LogP contribution is -2.30. The lowest BCUT2D eigenvalue weighted by atomic mass is 10.1. The molecule has 1 aromatic heterocycles. The molecular formula is C19H26N4O2S. The zero-order chi connectivity index (χ0) is 18.8. The van der Waals surface area contributed by atoms with Crippen molar-refractivity contribution in [2.24, 2.45) is 5.92 Å². The normalized spacial score (nSPS) is 11.8. The molecule has 0 saturated heterocycles. The molecule has 1 heterocycles. The molecule has 0 fully saturated rings. The third-order valence-corrected chi connectivity index (χ3v) is 5.33. The summed E-state index contributed by atoms with van der Waals surface area (Å²) in [5.41, 5.74) is 0.782. The van der Waals surface area contributed by atoms with Gasteiger partial charge in [-0.1, -0.05) is 13.8 Å². The van der Waals surface area contributed by atoms with Crippen LogP contribution in [-0.4, -0.2) is 40.5 Å². The molecule has 0 bridgehead atoms.